The van der Waals surface area contributed by atoms with E-state index in [4.69, 9.17) is 19.4 Å². The van der Waals surface area contributed by atoms with Crippen molar-refractivity contribution in [3.8, 4) is 67.5 Å². The fourth-order valence-corrected chi connectivity index (χ4v) is 11.4. The van der Waals surface area contributed by atoms with Crippen molar-refractivity contribution >= 4 is 85.0 Å². The average molecular weight is 840 g/mol. The number of nitrogens with zero attached hydrogens (tertiary/aromatic N) is 3. The Morgan fingerprint density at radius 3 is 1.62 bits per heavy atom. The maximum absolute atomic E-state index is 6.56. The molecule has 63 heavy (non-hydrogen) atoms. The van der Waals surface area contributed by atoms with Crippen LogP contribution >= 0.6 is 22.7 Å². The molecule has 4 nitrogen and oxygen atoms in total. The molecule has 0 aliphatic rings. The zero-order valence-corrected chi connectivity index (χ0v) is 35.3. The van der Waals surface area contributed by atoms with E-state index in [2.05, 4.69) is 152 Å². The summed E-state index contributed by atoms with van der Waals surface area (Å²) in [7, 11) is 0. The zero-order valence-electron chi connectivity index (χ0n) is 33.6. The van der Waals surface area contributed by atoms with Crippen LogP contribution in [0, 0.1) is 0 Å². The molecule has 0 saturated carbocycles. The Kier molecular flexibility index (Phi) is 8.22. The lowest BCUT2D eigenvalue weighted by Crippen LogP contribution is -2.00. The van der Waals surface area contributed by atoms with Crippen LogP contribution in [-0.2, 0) is 0 Å². The molecule has 294 valence electrons. The van der Waals surface area contributed by atoms with E-state index < -0.39 is 0 Å². The van der Waals surface area contributed by atoms with Gasteiger partial charge in [0.15, 0.2) is 17.5 Å². The van der Waals surface area contributed by atoms with Gasteiger partial charge in [-0.15, -0.1) is 22.7 Å². The Morgan fingerprint density at radius 1 is 0.286 bits per heavy atom. The quantitative estimate of drug-likeness (QED) is 0.167. The van der Waals surface area contributed by atoms with Crippen LogP contribution in [0.2, 0.25) is 0 Å². The molecule has 0 unspecified atom stereocenters. The number of aromatic nitrogens is 3. The Morgan fingerprint density at radius 2 is 0.825 bits per heavy atom. The highest BCUT2D eigenvalue weighted by Crippen LogP contribution is 2.45. The predicted molar refractivity (Wildman–Crippen MR) is 265 cm³/mol. The molecule has 0 aliphatic heterocycles. The monoisotopic (exact) mass is 839 g/mol. The summed E-state index contributed by atoms with van der Waals surface area (Å²) >= 11 is 3.72. The Hall–Kier alpha value is -7.77. The second kappa shape index (κ2) is 14.4. The van der Waals surface area contributed by atoms with E-state index in [1.807, 2.05) is 71.2 Å². The molecule has 9 aromatic carbocycles. The Labute approximate surface area is 370 Å². The van der Waals surface area contributed by atoms with Crippen molar-refractivity contribution < 1.29 is 4.42 Å². The summed E-state index contributed by atoms with van der Waals surface area (Å²) in [5.41, 5.74) is 11.4. The van der Waals surface area contributed by atoms with Gasteiger partial charge in [-0.25, -0.2) is 15.0 Å². The van der Waals surface area contributed by atoms with Gasteiger partial charge in [-0.3, -0.25) is 0 Å². The van der Waals surface area contributed by atoms with Gasteiger partial charge in [-0.2, -0.15) is 0 Å². The van der Waals surface area contributed by atoms with Gasteiger partial charge in [0, 0.05) is 67.8 Å². The van der Waals surface area contributed by atoms with Gasteiger partial charge in [0.05, 0.1) is 0 Å². The highest BCUT2D eigenvalue weighted by molar-refractivity contribution is 7.26. The van der Waals surface area contributed by atoms with E-state index in [1.165, 1.54) is 57.0 Å². The van der Waals surface area contributed by atoms with E-state index in [1.54, 1.807) is 0 Å². The fourth-order valence-electron chi connectivity index (χ4n) is 9.12. The summed E-state index contributed by atoms with van der Waals surface area (Å²) in [6.07, 6.45) is 0. The van der Waals surface area contributed by atoms with Gasteiger partial charge in [0.2, 0.25) is 0 Å². The standard InChI is InChI=1S/C57H33N3OS2/c1-3-11-34(12-4-1)35-21-23-37(24-22-35)56-58-55(36-13-5-2-6-14-36)59-57(60-56)45-17-9-18-48-53(45)46-31-40(27-30-47(46)61-48)41-16-10-20-50-54(41)44-29-26-39(33-52(44)63-50)38-25-28-43-42-15-7-8-19-49(42)62-51(43)32-38/h1-33H. The summed E-state index contributed by atoms with van der Waals surface area (Å²) in [6, 6.07) is 70.9. The van der Waals surface area contributed by atoms with Gasteiger partial charge in [-0.05, 0) is 75.8 Å². The van der Waals surface area contributed by atoms with Crippen molar-refractivity contribution in [3.63, 3.8) is 0 Å². The van der Waals surface area contributed by atoms with Crippen molar-refractivity contribution in [2.45, 2.75) is 0 Å². The lowest BCUT2D eigenvalue weighted by atomic mass is 9.96. The number of fused-ring (bicyclic) bond motifs is 9. The molecule has 0 atom stereocenters. The van der Waals surface area contributed by atoms with E-state index in [9.17, 15) is 0 Å². The van der Waals surface area contributed by atoms with Crippen LogP contribution in [0.3, 0.4) is 0 Å². The van der Waals surface area contributed by atoms with Crippen LogP contribution in [0.25, 0.3) is 130 Å². The maximum Gasteiger partial charge on any atom is 0.164 e. The molecule has 0 fully saturated rings. The summed E-state index contributed by atoms with van der Waals surface area (Å²) in [5.74, 6) is 1.83. The van der Waals surface area contributed by atoms with E-state index >= 15 is 0 Å². The summed E-state index contributed by atoms with van der Waals surface area (Å²) in [6.45, 7) is 0. The molecule has 0 N–H and O–H groups in total. The highest BCUT2D eigenvalue weighted by Gasteiger charge is 2.20. The topological polar surface area (TPSA) is 51.8 Å². The lowest BCUT2D eigenvalue weighted by Gasteiger charge is -2.10. The molecule has 0 spiro atoms. The van der Waals surface area contributed by atoms with Gasteiger partial charge in [0.25, 0.3) is 0 Å². The summed E-state index contributed by atoms with van der Waals surface area (Å²) in [4.78, 5) is 15.4. The third kappa shape index (κ3) is 6.06. The average Bonchev–Trinajstić information content (AvgIpc) is 4.05. The molecular formula is C57H33N3OS2. The first-order valence-electron chi connectivity index (χ1n) is 21.0. The minimum Gasteiger partial charge on any atom is -0.456 e. The van der Waals surface area contributed by atoms with Crippen LogP contribution in [0.4, 0.5) is 0 Å². The predicted octanol–water partition coefficient (Wildman–Crippen LogP) is 16.5. The van der Waals surface area contributed by atoms with Crippen molar-refractivity contribution in [3.05, 3.63) is 200 Å². The normalized spacial score (nSPS) is 11.8. The molecule has 6 heteroatoms. The van der Waals surface area contributed by atoms with E-state index in [-0.39, 0.29) is 0 Å². The van der Waals surface area contributed by atoms with Crippen LogP contribution in [0.15, 0.2) is 205 Å². The van der Waals surface area contributed by atoms with Crippen LogP contribution in [-0.4, -0.2) is 15.0 Å². The van der Waals surface area contributed by atoms with Crippen molar-refractivity contribution in [2.75, 3.05) is 0 Å². The van der Waals surface area contributed by atoms with Crippen molar-refractivity contribution in [2.24, 2.45) is 0 Å². The van der Waals surface area contributed by atoms with Crippen LogP contribution in [0.1, 0.15) is 0 Å². The molecule has 0 radical (unpaired) electrons. The first kappa shape index (κ1) is 35.9. The van der Waals surface area contributed by atoms with Gasteiger partial charge in [-0.1, -0.05) is 158 Å². The zero-order chi connectivity index (χ0) is 41.4. The summed E-state index contributed by atoms with van der Waals surface area (Å²) < 4.78 is 11.7. The third-order valence-corrected chi connectivity index (χ3v) is 14.4. The number of benzene rings is 9. The van der Waals surface area contributed by atoms with Gasteiger partial charge < -0.3 is 4.42 Å². The van der Waals surface area contributed by atoms with E-state index in [0.717, 1.165) is 55.3 Å². The largest absolute Gasteiger partial charge is 0.456 e. The van der Waals surface area contributed by atoms with Crippen LogP contribution < -0.4 is 0 Å². The number of furan rings is 1. The maximum atomic E-state index is 6.56. The summed E-state index contributed by atoms with van der Waals surface area (Å²) in [5, 5.41) is 7.17. The SMILES string of the molecule is c1ccc(-c2ccc(-c3nc(-c4ccccc4)nc(-c4cccc5oc6ccc(-c7cccc8sc9cc(-c%10ccc%11c(c%10)sc%10ccccc%10%11)ccc9c78)cc6c45)n3)cc2)cc1. The molecule has 13 rings (SSSR count). The smallest absolute Gasteiger partial charge is 0.164 e. The lowest BCUT2D eigenvalue weighted by molar-refractivity contribution is 0.669. The number of hydrogen-bond donors (Lipinski definition) is 0. The Balaban J connectivity index is 0.930. The molecule has 4 aromatic heterocycles. The highest BCUT2D eigenvalue weighted by atomic mass is 32.1. The van der Waals surface area contributed by atoms with E-state index in [0.29, 0.717) is 17.5 Å². The number of hydrogen-bond acceptors (Lipinski definition) is 6. The number of thiophene rings is 2. The third-order valence-electron chi connectivity index (χ3n) is 12.2. The molecule has 0 aliphatic carbocycles. The fraction of sp³-hybridized carbons (Fsp3) is 0. The first-order chi connectivity index (χ1) is 31.2. The molecule has 4 heterocycles. The minimum absolute atomic E-state index is 0.595. The Bertz CT molecular complexity index is 3900. The van der Waals surface area contributed by atoms with Gasteiger partial charge in [0.1, 0.15) is 11.2 Å². The van der Waals surface area contributed by atoms with Gasteiger partial charge >= 0.3 is 0 Å². The second-order valence-corrected chi connectivity index (χ2v) is 18.1. The first-order valence-corrected chi connectivity index (χ1v) is 22.6. The van der Waals surface area contributed by atoms with Crippen molar-refractivity contribution in [1.29, 1.82) is 0 Å². The van der Waals surface area contributed by atoms with Crippen LogP contribution in [0.5, 0.6) is 0 Å². The number of rotatable bonds is 6. The molecule has 13 aromatic rings. The second-order valence-electron chi connectivity index (χ2n) is 15.9. The van der Waals surface area contributed by atoms with Crippen molar-refractivity contribution in [1.82, 2.24) is 15.0 Å². The molecule has 0 saturated heterocycles. The molecule has 0 bridgehead atoms. The molecular weight excluding hydrogens is 807 g/mol. The minimum atomic E-state index is 0.595. The molecule has 0 amide bonds.